The maximum absolute atomic E-state index is 6.06. The zero-order chi connectivity index (χ0) is 14.3. The lowest BCUT2D eigenvalue weighted by Gasteiger charge is -2.23. The van der Waals surface area contributed by atoms with Gasteiger partial charge in [-0.15, -0.1) is 0 Å². The van der Waals surface area contributed by atoms with Crippen molar-refractivity contribution in [1.82, 2.24) is 5.32 Å². The molecule has 2 nitrogen and oxygen atoms in total. The van der Waals surface area contributed by atoms with Crippen LogP contribution in [0.3, 0.4) is 0 Å². The Morgan fingerprint density at radius 2 is 1.79 bits per heavy atom. The Morgan fingerprint density at radius 1 is 1.11 bits per heavy atom. The summed E-state index contributed by atoms with van der Waals surface area (Å²) in [7, 11) is 0. The average molecular weight is 263 g/mol. The Labute approximate surface area is 118 Å². The third-order valence-electron chi connectivity index (χ3n) is 3.42. The number of rotatable bonds is 8. The number of hydrogen-bond acceptors (Lipinski definition) is 2. The van der Waals surface area contributed by atoms with Gasteiger partial charge in [0.2, 0.25) is 0 Å². The van der Waals surface area contributed by atoms with E-state index in [9.17, 15) is 0 Å². The van der Waals surface area contributed by atoms with Crippen LogP contribution >= 0.6 is 0 Å². The first-order valence-corrected chi connectivity index (χ1v) is 7.51. The molecule has 1 aromatic carbocycles. The Hall–Kier alpha value is -1.02. The second-order valence-corrected chi connectivity index (χ2v) is 5.81. The van der Waals surface area contributed by atoms with E-state index in [2.05, 4.69) is 58.1 Å². The lowest BCUT2D eigenvalue weighted by atomic mass is 10.0. The van der Waals surface area contributed by atoms with Gasteiger partial charge in [-0.2, -0.15) is 0 Å². The molecule has 0 fully saturated rings. The maximum atomic E-state index is 6.06. The molecule has 1 aromatic rings. The number of nitrogens with one attached hydrogen (secondary N) is 1. The van der Waals surface area contributed by atoms with Crippen LogP contribution in [0.1, 0.15) is 52.5 Å². The van der Waals surface area contributed by atoms with Crippen LogP contribution in [0.4, 0.5) is 0 Å². The third kappa shape index (κ3) is 5.23. The van der Waals surface area contributed by atoms with Gasteiger partial charge in [-0.1, -0.05) is 52.8 Å². The second-order valence-electron chi connectivity index (χ2n) is 5.81. The highest BCUT2D eigenvalue weighted by atomic mass is 16.5. The summed E-state index contributed by atoms with van der Waals surface area (Å²) < 4.78 is 6.06. The fourth-order valence-electron chi connectivity index (χ4n) is 2.09. The fourth-order valence-corrected chi connectivity index (χ4v) is 2.09. The van der Waals surface area contributed by atoms with Crippen molar-refractivity contribution >= 4 is 0 Å². The van der Waals surface area contributed by atoms with E-state index in [1.807, 2.05) is 6.07 Å². The van der Waals surface area contributed by atoms with Crippen molar-refractivity contribution < 1.29 is 4.74 Å². The molecule has 0 amide bonds. The molecule has 1 N–H and O–H groups in total. The molecule has 1 rings (SSSR count). The summed E-state index contributed by atoms with van der Waals surface area (Å²) in [5, 5.41) is 3.56. The van der Waals surface area contributed by atoms with Crippen molar-refractivity contribution in [2.75, 3.05) is 13.2 Å². The predicted molar refractivity (Wildman–Crippen MR) is 82.9 cm³/mol. The van der Waals surface area contributed by atoms with Crippen LogP contribution in [0.5, 0.6) is 5.75 Å². The smallest absolute Gasteiger partial charge is 0.122 e. The lowest BCUT2D eigenvalue weighted by Crippen LogP contribution is -2.39. The van der Waals surface area contributed by atoms with Crippen LogP contribution < -0.4 is 10.1 Å². The lowest BCUT2D eigenvalue weighted by molar-refractivity contribution is 0.228. The highest BCUT2D eigenvalue weighted by molar-refractivity contribution is 5.35. The predicted octanol–water partition coefficient (Wildman–Crippen LogP) is 4.21. The molecule has 2 heteroatoms. The molecule has 0 aromatic heterocycles. The zero-order valence-corrected chi connectivity index (χ0v) is 13.1. The minimum absolute atomic E-state index is 0.417. The molecule has 0 radical (unpaired) electrons. The maximum Gasteiger partial charge on any atom is 0.122 e. The summed E-state index contributed by atoms with van der Waals surface area (Å²) in [6.07, 6.45) is 1.16. The van der Waals surface area contributed by atoms with Crippen LogP contribution in [-0.4, -0.2) is 19.2 Å². The van der Waals surface area contributed by atoms with Gasteiger partial charge in [-0.3, -0.25) is 0 Å². The normalized spacial score (nSPS) is 13.0. The van der Waals surface area contributed by atoms with Crippen LogP contribution in [-0.2, 0) is 0 Å². The van der Waals surface area contributed by atoms with Crippen LogP contribution in [0.2, 0.25) is 0 Å². The molecular weight excluding hydrogens is 234 g/mol. The molecule has 0 heterocycles. The van der Waals surface area contributed by atoms with E-state index in [0.29, 0.717) is 17.9 Å². The van der Waals surface area contributed by atoms with Gasteiger partial charge < -0.3 is 10.1 Å². The molecule has 0 spiro atoms. The SMILES string of the molecule is CCCNC(COc1ccccc1C(C)C)C(C)C. The van der Waals surface area contributed by atoms with Gasteiger partial charge in [0.15, 0.2) is 0 Å². The average Bonchev–Trinajstić information content (AvgIpc) is 2.38. The Kier molecular flexibility index (Phi) is 6.93. The van der Waals surface area contributed by atoms with E-state index in [-0.39, 0.29) is 0 Å². The van der Waals surface area contributed by atoms with Gasteiger partial charge in [-0.25, -0.2) is 0 Å². The molecule has 0 aliphatic carbocycles. The number of benzene rings is 1. The Morgan fingerprint density at radius 3 is 2.37 bits per heavy atom. The summed E-state index contributed by atoms with van der Waals surface area (Å²) in [5.74, 6) is 2.11. The molecule has 0 aliphatic rings. The first-order valence-electron chi connectivity index (χ1n) is 7.51. The summed E-state index contributed by atoms with van der Waals surface area (Å²) >= 11 is 0. The molecule has 19 heavy (non-hydrogen) atoms. The molecule has 0 saturated heterocycles. The summed E-state index contributed by atoms with van der Waals surface area (Å²) in [4.78, 5) is 0. The van der Waals surface area contributed by atoms with Gasteiger partial charge >= 0.3 is 0 Å². The second kappa shape index (κ2) is 8.21. The van der Waals surface area contributed by atoms with E-state index in [0.717, 1.165) is 25.3 Å². The van der Waals surface area contributed by atoms with E-state index >= 15 is 0 Å². The Bertz CT molecular complexity index is 360. The van der Waals surface area contributed by atoms with Gasteiger partial charge in [0.05, 0.1) is 0 Å². The molecule has 108 valence electrons. The largest absolute Gasteiger partial charge is 0.492 e. The molecule has 1 atom stereocenters. The van der Waals surface area contributed by atoms with Gasteiger partial charge in [0.25, 0.3) is 0 Å². The molecule has 0 bridgehead atoms. The minimum atomic E-state index is 0.417. The quantitative estimate of drug-likeness (QED) is 0.758. The standard InChI is InChI=1S/C17H29NO/c1-6-11-18-16(14(4)5)12-19-17-10-8-7-9-15(17)13(2)3/h7-10,13-14,16,18H,6,11-12H2,1-5H3. The molecule has 0 aliphatic heterocycles. The molecular formula is C17H29NO. The van der Waals surface area contributed by atoms with Crippen molar-refractivity contribution in [2.24, 2.45) is 5.92 Å². The van der Waals surface area contributed by atoms with Crippen molar-refractivity contribution in [3.63, 3.8) is 0 Å². The number of hydrogen-bond donors (Lipinski definition) is 1. The minimum Gasteiger partial charge on any atom is -0.492 e. The van der Waals surface area contributed by atoms with Crippen LogP contribution in [0, 0.1) is 5.92 Å². The highest BCUT2D eigenvalue weighted by Gasteiger charge is 2.14. The van der Waals surface area contributed by atoms with Crippen molar-refractivity contribution in [1.29, 1.82) is 0 Å². The van der Waals surface area contributed by atoms with E-state index < -0.39 is 0 Å². The topological polar surface area (TPSA) is 21.3 Å². The van der Waals surface area contributed by atoms with Gasteiger partial charge in [-0.05, 0) is 36.4 Å². The van der Waals surface area contributed by atoms with Crippen molar-refractivity contribution in [3.8, 4) is 5.75 Å². The molecule has 0 saturated carbocycles. The van der Waals surface area contributed by atoms with Crippen molar-refractivity contribution in [2.45, 2.75) is 53.0 Å². The van der Waals surface area contributed by atoms with E-state index in [1.165, 1.54) is 5.56 Å². The van der Waals surface area contributed by atoms with Gasteiger partial charge in [0.1, 0.15) is 12.4 Å². The van der Waals surface area contributed by atoms with Gasteiger partial charge in [0, 0.05) is 6.04 Å². The summed E-state index contributed by atoms with van der Waals surface area (Å²) in [6, 6.07) is 8.78. The summed E-state index contributed by atoms with van der Waals surface area (Å²) in [5.41, 5.74) is 1.29. The fraction of sp³-hybridized carbons (Fsp3) is 0.647. The highest BCUT2D eigenvalue weighted by Crippen LogP contribution is 2.26. The first kappa shape index (κ1) is 16.0. The zero-order valence-electron chi connectivity index (χ0n) is 13.1. The van der Waals surface area contributed by atoms with E-state index in [4.69, 9.17) is 4.74 Å². The number of ether oxygens (including phenoxy) is 1. The Balaban J connectivity index is 2.63. The number of para-hydroxylation sites is 1. The third-order valence-corrected chi connectivity index (χ3v) is 3.42. The van der Waals surface area contributed by atoms with Crippen LogP contribution in [0.15, 0.2) is 24.3 Å². The van der Waals surface area contributed by atoms with Crippen molar-refractivity contribution in [3.05, 3.63) is 29.8 Å². The van der Waals surface area contributed by atoms with Crippen LogP contribution in [0.25, 0.3) is 0 Å². The summed E-state index contributed by atoms with van der Waals surface area (Å²) in [6.45, 7) is 12.9. The first-order chi connectivity index (χ1) is 9.06. The van der Waals surface area contributed by atoms with E-state index in [1.54, 1.807) is 0 Å². The monoisotopic (exact) mass is 263 g/mol. The molecule has 1 unspecified atom stereocenters.